The Labute approximate surface area is 82.5 Å². The molecule has 1 atom stereocenters. The summed E-state index contributed by atoms with van der Waals surface area (Å²) in [4.78, 5) is 11.2. The van der Waals surface area contributed by atoms with E-state index in [1.165, 1.54) is 7.11 Å². The first-order chi connectivity index (χ1) is 6.16. The molecular weight excluding hydrogens is 188 g/mol. The first kappa shape index (κ1) is 10.1. The van der Waals surface area contributed by atoms with E-state index >= 15 is 0 Å². The van der Waals surface area contributed by atoms with Gasteiger partial charge in [0, 0.05) is 5.02 Å². The highest BCUT2D eigenvalue weighted by molar-refractivity contribution is 6.31. The molecule has 0 unspecified atom stereocenters. The number of carbonyl (C=O) groups is 1. The zero-order chi connectivity index (χ0) is 9.84. The highest BCUT2D eigenvalue weighted by atomic mass is 35.5. The molecule has 0 aliphatic rings. The third-order valence-electron chi connectivity index (χ3n) is 1.93. The van der Waals surface area contributed by atoms with Crippen LogP contribution in [0.4, 0.5) is 0 Å². The summed E-state index contributed by atoms with van der Waals surface area (Å²) in [7, 11) is 1.37. The molecular formula is C10H11ClO2. The van der Waals surface area contributed by atoms with Crippen molar-refractivity contribution in [3.63, 3.8) is 0 Å². The normalized spacial score (nSPS) is 12.2. The van der Waals surface area contributed by atoms with Gasteiger partial charge in [-0.15, -0.1) is 0 Å². The molecule has 0 heterocycles. The zero-order valence-electron chi connectivity index (χ0n) is 7.58. The quantitative estimate of drug-likeness (QED) is 0.683. The van der Waals surface area contributed by atoms with E-state index in [0.29, 0.717) is 5.02 Å². The van der Waals surface area contributed by atoms with Crippen molar-refractivity contribution in [3.05, 3.63) is 34.9 Å². The van der Waals surface area contributed by atoms with Crippen molar-refractivity contribution in [2.24, 2.45) is 0 Å². The molecule has 0 aliphatic heterocycles. The number of ether oxygens (including phenoxy) is 1. The highest BCUT2D eigenvalue weighted by Crippen LogP contribution is 2.24. The van der Waals surface area contributed by atoms with Gasteiger partial charge < -0.3 is 4.74 Å². The maximum absolute atomic E-state index is 11.2. The van der Waals surface area contributed by atoms with E-state index in [0.717, 1.165) is 5.56 Å². The van der Waals surface area contributed by atoms with Crippen LogP contribution in [-0.4, -0.2) is 13.1 Å². The smallest absolute Gasteiger partial charge is 0.312 e. The Bertz CT molecular complexity index is 310. The van der Waals surface area contributed by atoms with Crippen LogP contribution in [0.2, 0.25) is 5.02 Å². The van der Waals surface area contributed by atoms with Crippen LogP contribution in [0.1, 0.15) is 18.4 Å². The molecule has 0 aliphatic carbocycles. The second-order valence-corrected chi connectivity index (χ2v) is 3.17. The SMILES string of the molecule is COC(=O)[C@@H](C)c1ccccc1Cl. The second-order valence-electron chi connectivity index (χ2n) is 2.77. The summed E-state index contributed by atoms with van der Waals surface area (Å²) >= 11 is 5.91. The van der Waals surface area contributed by atoms with Crippen LogP contribution in [0, 0.1) is 0 Å². The largest absolute Gasteiger partial charge is 0.469 e. The standard InChI is InChI=1S/C10H11ClO2/c1-7(10(12)13-2)8-5-3-4-6-9(8)11/h3-7H,1-2H3/t7-/m0/s1. The molecule has 0 fully saturated rings. The minimum absolute atomic E-state index is 0.270. The van der Waals surface area contributed by atoms with Crippen LogP contribution in [0.3, 0.4) is 0 Å². The molecule has 1 rings (SSSR count). The second kappa shape index (κ2) is 4.28. The summed E-state index contributed by atoms with van der Waals surface area (Å²) in [5.74, 6) is -0.577. The lowest BCUT2D eigenvalue weighted by Gasteiger charge is -2.10. The molecule has 2 nitrogen and oxygen atoms in total. The average molecular weight is 199 g/mol. The molecule has 70 valence electrons. The Morgan fingerprint density at radius 3 is 2.62 bits per heavy atom. The van der Waals surface area contributed by atoms with Gasteiger partial charge >= 0.3 is 5.97 Å². The van der Waals surface area contributed by atoms with Crippen molar-refractivity contribution in [2.45, 2.75) is 12.8 Å². The molecule has 1 aromatic rings. The number of carbonyl (C=O) groups excluding carboxylic acids is 1. The zero-order valence-corrected chi connectivity index (χ0v) is 8.34. The first-order valence-corrected chi connectivity index (χ1v) is 4.37. The van der Waals surface area contributed by atoms with Gasteiger partial charge in [-0.05, 0) is 18.6 Å². The number of esters is 1. The fraction of sp³-hybridized carbons (Fsp3) is 0.300. The van der Waals surface area contributed by atoms with E-state index in [2.05, 4.69) is 4.74 Å². The molecule has 0 radical (unpaired) electrons. The Balaban J connectivity index is 2.95. The summed E-state index contributed by atoms with van der Waals surface area (Å²) in [5.41, 5.74) is 0.802. The van der Waals surface area contributed by atoms with E-state index in [1.807, 2.05) is 18.2 Å². The summed E-state index contributed by atoms with van der Waals surface area (Å²) in [6.07, 6.45) is 0. The van der Waals surface area contributed by atoms with Crippen LogP contribution in [0.25, 0.3) is 0 Å². The van der Waals surface area contributed by atoms with Crippen molar-refractivity contribution in [3.8, 4) is 0 Å². The summed E-state index contributed by atoms with van der Waals surface area (Å²) in [5, 5.41) is 0.598. The topological polar surface area (TPSA) is 26.3 Å². The summed E-state index contributed by atoms with van der Waals surface area (Å²) in [6.45, 7) is 1.77. The van der Waals surface area contributed by atoms with Gasteiger partial charge in [0.1, 0.15) is 0 Å². The summed E-state index contributed by atoms with van der Waals surface area (Å²) < 4.78 is 4.62. The van der Waals surface area contributed by atoms with Crippen molar-refractivity contribution < 1.29 is 9.53 Å². The maximum Gasteiger partial charge on any atom is 0.312 e. The van der Waals surface area contributed by atoms with Crippen molar-refractivity contribution in [1.82, 2.24) is 0 Å². The average Bonchev–Trinajstić information content (AvgIpc) is 2.16. The third kappa shape index (κ3) is 2.22. The number of benzene rings is 1. The number of rotatable bonds is 2. The van der Waals surface area contributed by atoms with Crippen LogP contribution >= 0.6 is 11.6 Å². The van der Waals surface area contributed by atoms with Crippen molar-refractivity contribution in [1.29, 1.82) is 0 Å². The van der Waals surface area contributed by atoms with E-state index < -0.39 is 0 Å². The Hall–Kier alpha value is -1.02. The lowest BCUT2D eigenvalue weighted by atomic mass is 10.0. The Kier molecular flexibility index (Phi) is 3.32. The minimum Gasteiger partial charge on any atom is -0.469 e. The van der Waals surface area contributed by atoms with E-state index in [-0.39, 0.29) is 11.9 Å². The molecule has 3 heteroatoms. The molecule has 0 bridgehead atoms. The van der Waals surface area contributed by atoms with Gasteiger partial charge in [0.15, 0.2) is 0 Å². The molecule has 13 heavy (non-hydrogen) atoms. The van der Waals surface area contributed by atoms with Crippen LogP contribution in [0.5, 0.6) is 0 Å². The number of hydrogen-bond acceptors (Lipinski definition) is 2. The van der Waals surface area contributed by atoms with Gasteiger partial charge in [-0.1, -0.05) is 29.8 Å². The van der Waals surface area contributed by atoms with Crippen molar-refractivity contribution in [2.75, 3.05) is 7.11 Å². The van der Waals surface area contributed by atoms with Crippen molar-refractivity contribution >= 4 is 17.6 Å². The summed E-state index contributed by atoms with van der Waals surface area (Å²) in [6, 6.07) is 7.26. The number of halogens is 1. The lowest BCUT2D eigenvalue weighted by Crippen LogP contribution is -2.10. The van der Waals surface area contributed by atoms with Crippen LogP contribution in [-0.2, 0) is 9.53 Å². The molecule has 0 aromatic heterocycles. The maximum atomic E-state index is 11.2. The fourth-order valence-corrected chi connectivity index (χ4v) is 1.43. The monoisotopic (exact) mass is 198 g/mol. The van der Waals surface area contributed by atoms with Gasteiger partial charge in [0.2, 0.25) is 0 Å². The van der Waals surface area contributed by atoms with Crippen LogP contribution < -0.4 is 0 Å². The Morgan fingerprint density at radius 2 is 2.08 bits per heavy atom. The predicted molar refractivity (Wildman–Crippen MR) is 51.9 cm³/mol. The lowest BCUT2D eigenvalue weighted by molar-refractivity contribution is -0.141. The highest BCUT2D eigenvalue weighted by Gasteiger charge is 2.17. The number of hydrogen-bond donors (Lipinski definition) is 0. The molecule has 0 saturated carbocycles. The number of methoxy groups -OCH3 is 1. The molecule has 0 saturated heterocycles. The molecule has 0 N–H and O–H groups in total. The van der Waals surface area contributed by atoms with E-state index in [9.17, 15) is 4.79 Å². The predicted octanol–water partition coefficient (Wildman–Crippen LogP) is 2.62. The molecule has 0 spiro atoms. The Morgan fingerprint density at radius 1 is 1.46 bits per heavy atom. The fourth-order valence-electron chi connectivity index (χ4n) is 1.13. The minimum atomic E-state index is -0.307. The van der Waals surface area contributed by atoms with Gasteiger partial charge in [-0.3, -0.25) is 4.79 Å². The van der Waals surface area contributed by atoms with Gasteiger partial charge in [0.25, 0.3) is 0 Å². The molecule has 1 aromatic carbocycles. The van der Waals surface area contributed by atoms with Gasteiger partial charge in [-0.2, -0.15) is 0 Å². The first-order valence-electron chi connectivity index (χ1n) is 3.99. The third-order valence-corrected chi connectivity index (χ3v) is 2.27. The van der Waals surface area contributed by atoms with Gasteiger partial charge in [-0.25, -0.2) is 0 Å². The van der Waals surface area contributed by atoms with Crippen LogP contribution in [0.15, 0.2) is 24.3 Å². The van der Waals surface area contributed by atoms with E-state index in [1.54, 1.807) is 13.0 Å². The molecule has 0 amide bonds. The van der Waals surface area contributed by atoms with E-state index in [4.69, 9.17) is 11.6 Å². The van der Waals surface area contributed by atoms with Gasteiger partial charge in [0.05, 0.1) is 13.0 Å².